The van der Waals surface area contributed by atoms with E-state index in [1.54, 1.807) is 36.9 Å². The highest BCUT2D eigenvalue weighted by Gasteiger charge is 2.41. The molecular weight excluding hydrogens is 1580 g/mol. The number of anilines is 7. The number of nitrogens with zero attached hydrogens (tertiary/aromatic N) is 9. The average Bonchev–Trinajstić information content (AvgIpc) is 0.959. The number of nitrogens with one attached hydrogen (secondary N) is 3. The molecule has 5 atom stereocenters. The van der Waals surface area contributed by atoms with Crippen LogP contribution in [0.15, 0.2) is 205 Å². The van der Waals surface area contributed by atoms with Gasteiger partial charge in [-0.05, 0) is 165 Å². The van der Waals surface area contributed by atoms with Crippen LogP contribution in [0.1, 0.15) is 185 Å². The lowest BCUT2D eigenvalue weighted by Crippen LogP contribution is -2.51. The first kappa shape index (κ1) is 90.5. The van der Waals surface area contributed by atoms with Gasteiger partial charge in [-0.3, -0.25) is 19.2 Å². The SMILES string of the molecule is CC(C)C[C@H]1CN(c2cc(C(=O)c3cccnc3N)c(-c3ccco3)cn2)CCN1.CCC(CN)(CNc1ccc(C(F)(F)F)c(C(=O)c2cccnc2N)n1)c1ccccc1.NCC1CCCC(CNc2ccc(C(F)(F)F)c(C(=O)c3cccnc3N)n2)C1.Nc1ncccc1C(=O)c1nc(OCCC(N)c2ccccc2)ccc1C(F)(F)F.[HH].[HH].[HH].[HH].[HH].[HH].[HH].[HH].[HH].[HH].[HH].[HH].[HH].[HH].[HH]. The van der Waals surface area contributed by atoms with Gasteiger partial charge in [0.05, 0.1) is 51.8 Å². The summed E-state index contributed by atoms with van der Waals surface area (Å²) in [5.41, 5.74) is 37.8. The van der Waals surface area contributed by atoms with Crippen LogP contribution in [0.25, 0.3) is 11.3 Å². The van der Waals surface area contributed by atoms with Gasteiger partial charge in [0.25, 0.3) is 0 Å². The number of nitrogen functional groups attached to an aromatic ring is 4. The largest absolute Gasteiger partial charge is 0.478 e. The number of nitrogens with two attached hydrogens (primary N) is 7. The van der Waals surface area contributed by atoms with E-state index in [9.17, 15) is 58.7 Å². The number of carbonyl (C=O) groups excluding carboxylic acids is 4. The second-order valence-electron chi connectivity index (χ2n) is 29.3. The van der Waals surface area contributed by atoms with Crippen LogP contribution < -0.4 is 65.7 Å². The molecule has 1 saturated carbocycles. The van der Waals surface area contributed by atoms with Gasteiger partial charge >= 0.3 is 18.5 Å². The summed E-state index contributed by atoms with van der Waals surface area (Å²) in [7, 11) is 0. The molecule has 0 radical (unpaired) electrons. The molecule has 9 aromatic heterocycles. The highest BCUT2D eigenvalue weighted by atomic mass is 19.4. The van der Waals surface area contributed by atoms with Crippen LogP contribution in [0, 0.1) is 17.8 Å². The van der Waals surface area contributed by atoms with Crippen molar-refractivity contribution in [3.8, 4) is 17.2 Å². The summed E-state index contributed by atoms with van der Waals surface area (Å²) in [4.78, 5) is 85.8. The number of piperazine rings is 1. The minimum atomic E-state index is -4.77. The molecule has 1 saturated heterocycles. The van der Waals surface area contributed by atoms with Gasteiger partial charge in [-0.25, -0.2) is 39.9 Å². The van der Waals surface area contributed by atoms with Gasteiger partial charge in [-0.1, -0.05) is 87.9 Å². The number of hydrogen-bond acceptors (Lipinski definition) is 25. The number of ketones is 4. The van der Waals surface area contributed by atoms with Gasteiger partial charge < -0.3 is 70.1 Å². The topological polar surface area (TPSA) is 415 Å². The summed E-state index contributed by atoms with van der Waals surface area (Å²) in [6.45, 7) is 11.0. The van der Waals surface area contributed by atoms with E-state index in [1.807, 2.05) is 79.7 Å². The van der Waals surface area contributed by atoms with Crippen LogP contribution in [0.5, 0.6) is 5.88 Å². The number of hydrogen-bond donors (Lipinski definition) is 10. The first-order valence-corrected chi connectivity index (χ1v) is 39.0. The van der Waals surface area contributed by atoms with Crippen molar-refractivity contribution in [2.24, 2.45) is 35.0 Å². The lowest BCUT2D eigenvalue weighted by molar-refractivity contribution is -0.139. The maximum absolute atomic E-state index is 13.6. The van der Waals surface area contributed by atoms with Crippen molar-refractivity contribution < 1.29 is 89.2 Å². The second kappa shape index (κ2) is 41.3. The first-order valence-electron chi connectivity index (χ1n) is 39.0. The molecule has 11 aromatic rings. The van der Waals surface area contributed by atoms with E-state index in [1.165, 1.54) is 67.1 Å². The summed E-state index contributed by atoms with van der Waals surface area (Å²) in [5, 5.41) is 9.73. The quantitative estimate of drug-likeness (QED) is 0.0169. The summed E-state index contributed by atoms with van der Waals surface area (Å²) >= 11 is 0. The summed E-state index contributed by atoms with van der Waals surface area (Å²) in [6.07, 6.45) is 1.06. The van der Waals surface area contributed by atoms with E-state index in [0.29, 0.717) is 85.3 Å². The van der Waals surface area contributed by atoms with Gasteiger partial charge in [0.2, 0.25) is 23.2 Å². The fraction of sp³-hybridized carbons (Fsp3) is 0.310. The number of rotatable bonds is 27. The third-order valence-electron chi connectivity index (χ3n) is 20.6. The smallest absolute Gasteiger partial charge is 0.418 e. The number of ether oxygens (including phenoxy) is 1. The molecule has 34 heteroatoms. The summed E-state index contributed by atoms with van der Waals surface area (Å²) in [5.74, 6) is -0.236. The molecule has 13 rings (SSSR count). The molecule has 1 aliphatic heterocycles. The predicted octanol–water partition coefficient (Wildman–Crippen LogP) is 18.4. The Morgan fingerprint density at radius 1 is 0.587 bits per heavy atom. The van der Waals surface area contributed by atoms with Gasteiger partial charge in [0.1, 0.15) is 63.6 Å². The van der Waals surface area contributed by atoms with E-state index < -0.39 is 75.1 Å². The van der Waals surface area contributed by atoms with E-state index >= 15 is 0 Å². The highest BCUT2D eigenvalue weighted by molar-refractivity contribution is 6.15. The highest BCUT2D eigenvalue weighted by Crippen LogP contribution is 2.39. The molecule has 4 unspecified atom stereocenters. The van der Waals surface area contributed by atoms with Crippen LogP contribution in [-0.4, -0.2) is 121 Å². The minimum absolute atomic E-state index is 0. The van der Waals surface area contributed by atoms with Crippen molar-refractivity contribution in [1.82, 2.24) is 45.2 Å². The predicted molar refractivity (Wildman–Crippen MR) is 476 cm³/mol. The summed E-state index contributed by atoms with van der Waals surface area (Å²) in [6, 6.07) is 42.1. The van der Waals surface area contributed by atoms with Gasteiger partial charge in [0, 0.05) is 133 Å². The molecule has 0 bridgehead atoms. The minimum Gasteiger partial charge on any atom is -0.478 e. The number of pyridine rings is 8. The van der Waals surface area contributed by atoms with Crippen molar-refractivity contribution in [3.05, 3.63) is 274 Å². The van der Waals surface area contributed by atoms with Gasteiger partial charge in [-0.15, -0.1) is 0 Å². The average molecular weight is 1700 g/mol. The number of halogens is 9. The van der Waals surface area contributed by atoms with Crippen LogP contribution in [0.3, 0.4) is 0 Å². The van der Waals surface area contributed by atoms with Crippen LogP contribution in [-0.2, 0) is 23.9 Å². The van der Waals surface area contributed by atoms with Crippen molar-refractivity contribution in [1.29, 1.82) is 0 Å². The second-order valence-corrected chi connectivity index (χ2v) is 29.3. The van der Waals surface area contributed by atoms with E-state index in [2.05, 4.69) is 74.6 Å². The van der Waals surface area contributed by atoms with E-state index in [-0.39, 0.29) is 97.3 Å². The third kappa shape index (κ3) is 23.8. The monoisotopic (exact) mass is 1700 g/mol. The Bertz CT molecular complexity index is 5360. The zero-order valence-corrected chi connectivity index (χ0v) is 66.5. The molecule has 121 heavy (non-hydrogen) atoms. The van der Waals surface area contributed by atoms with E-state index in [0.717, 1.165) is 92.9 Å². The Labute approximate surface area is 714 Å². The fourth-order valence-electron chi connectivity index (χ4n) is 14.0. The molecule has 2 aromatic carbocycles. The summed E-state index contributed by atoms with van der Waals surface area (Å²) < 4.78 is 132. The standard InChI is InChI=1S/C23H24F3N5O.C23H27N5O2.C21H19F3N4O2.C20H24F3N5O.15H2/c1-2-22(13-27,15-7-4-3-5-8-15)14-30-18-11-10-17(23(24,25)26)19(31-18)20(32)16-9-6-12-29-21(16)28;1-15(2)11-16-14-28(9-8-25-16)21-12-18(19(13-27-21)20-6-4-10-30-20)22(29)17-5-3-7-26-23(17)24;22-21(23,24)15-8-9-17(30-12-10-16(25)13-5-2-1-3-6-13)28-18(15)19(29)14-7-4-11-27-20(14)26;21-20(22,23)15-6-7-16(27-11-13-4-1-3-12(9-13)10-24)28-17(15)18(29)14-5-2-8-26-19(14)25;;;;;;;;;;;;;;;/h3-12H,2,13-14,27H2,1H3,(H2,28,29)(H,30,31);3-7,10,12-13,15-16,25H,8-9,11,14H2,1-2H3,(H2,24,26);1-9,11,16H,10,12,25H2,(H2,26,27);2,5-8,12-13H,1,3-4,9-11,24H2,(H2,25,26)(H,27,28);15*1H/t;16-;;;;;;;;;;;;;;;;;/m.0................./s1. The van der Waals surface area contributed by atoms with Crippen molar-refractivity contribution in [2.75, 3.05) is 90.9 Å². The van der Waals surface area contributed by atoms with E-state index in [4.69, 9.17) is 49.3 Å². The Morgan fingerprint density at radius 2 is 1.08 bits per heavy atom. The lowest BCUT2D eigenvalue weighted by atomic mass is 9.78. The Morgan fingerprint density at radius 3 is 1.56 bits per heavy atom. The zero-order valence-electron chi connectivity index (χ0n) is 66.5. The molecule has 25 nitrogen and oxygen atoms in total. The number of furan rings is 1. The third-order valence-corrected chi connectivity index (χ3v) is 20.6. The zero-order chi connectivity index (χ0) is 87.2. The molecule has 10 heterocycles. The van der Waals surface area contributed by atoms with Crippen molar-refractivity contribution >= 4 is 63.9 Å². The van der Waals surface area contributed by atoms with Crippen molar-refractivity contribution in [2.45, 2.75) is 102 Å². The van der Waals surface area contributed by atoms with Crippen LogP contribution in [0.2, 0.25) is 0 Å². The number of benzene rings is 2. The normalized spacial score (nSPS) is 15.5. The molecule has 666 valence electrons. The molecule has 1 aliphatic carbocycles. The Hall–Kier alpha value is -12.8. The molecule has 2 aliphatic rings. The van der Waals surface area contributed by atoms with Gasteiger partial charge in [0.15, 0.2) is 5.78 Å². The Balaban J connectivity index is -0.000000400. The maximum Gasteiger partial charge on any atom is 0.418 e. The fourth-order valence-corrected chi connectivity index (χ4v) is 14.0. The molecular formula is C87H124F9N19O6. The number of alkyl halides is 9. The van der Waals surface area contributed by atoms with Crippen molar-refractivity contribution in [3.63, 3.8) is 0 Å². The maximum atomic E-state index is 13.6. The van der Waals surface area contributed by atoms with Gasteiger partial charge in [-0.2, -0.15) is 39.5 Å². The number of aromatic nitrogens is 8. The first-order chi connectivity index (χ1) is 57.8. The lowest BCUT2D eigenvalue weighted by Gasteiger charge is -2.35. The number of carbonyl (C=O) groups is 4. The van der Waals surface area contributed by atoms with Crippen LogP contribution in [0.4, 0.5) is 80.2 Å². The molecule has 2 fully saturated rings. The molecule has 17 N–H and O–H groups in total. The van der Waals surface area contributed by atoms with Crippen LogP contribution >= 0.6 is 0 Å². The Kier molecular flexibility index (Phi) is 30.9. The molecule has 0 spiro atoms. The molecule has 0 amide bonds.